The van der Waals surface area contributed by atoms with Crippen molar-refractivity contribution in [1.82, 2.24) is 15.1 Å². The first kappa shape index (κ1) is 19.4. The summed E-state index contributed by atoms with van der Waals surface area (Å²) in [7, 11) is 0. The highest BCUT2D eigenvalue weighted by Crippen LogP contribution is 2.28. The van der Waals surface area contributed by atoms with E-state index in [1.165, 1.54) is 18.7 Å². The lowest BCUT2D eigenvalue weighted by atomic mass is 10.0. The molecule has 144 valence electrons. The number of aliphatic hydroxyl groups is 1. The van der Waals surface area contributed by atoms with Crippen LogP contribution in [-0.2, 0) is 16.0 Å². The van der Waals surface area contributed by atoms with Gasteiger partial charge in [-0.05, 0) is 31.5 Å². The number of thioether (sulfide) groups is 1. The summed E-state index contributed by atoms with van der Waals surface area (Å²) in [5.74, 6) is 0.0940. The van der Waals surface area contributed by atoms with E-state index in [9.17, 15) is 14.7 Å². The molecule has 2 amide bonds. The maximum Gasteiger partial charge on any atom is 0.233 e. The molecule has 2 heterocycles. The Morgan fingerprint density at radius 1 is 1.37 bits per heavy atom. The minimum atomic E-state index is -0.539. The molecule has 1 aromatic carbocycles. The maximum absolute atomic E-state index is 12.6. The van der Waals surface area contributed by atoms with Gasteiger partial charge < -0.3 is 15.3 Å². The fourth-order valence-corrected chi connectivity index (χ4v) is 4.13. The van der Waals surface area contributed by atoms with E-state index in [4.69, 9.17) is 0 Å². The van der Waals surface area contributed by atoms with E-state index in [0.29, 0.717) is 25.2 Å². The van der Waals surface area contributed by atoms with E-state index < -0.39 is 6.10 Å². The zero-order valence-electron chi connectivity index (χ0n) is 15.4. The molecule has 3 rings (SSSR count). The number of nitrogens with zero attached hydrogens (tertiary/aromatic N) is 2. The minimum Gasteiger partial charge on any atom is -0.391 e. The lowest BCUT2D eigenvalue weighted by molar-refractivity contribution is -0.127. The zero-order valence-corrected chi connectivity index (χ0v) is 16.3. The Morgan fingerprint density at radius 3 is 2.85 bits per heavy atom. The molecule has 1 aromatic heterocycles. The van der Waals surface area contributed by atoms with E-state index in [0.717, 1.165) is 16.3 Å². The van der Waals surface area contributed by atoms with Crippen molar-refractivity contribution in [1.29, 1.82) is 0 Å². The predicted molar refractivity (Wildman–Crippen MR) is 105 cm³/mol. The van der Waals surface area contributed by atoms with E-state index >= 15 is 0 Å². The van der Waals surface area contributed by atoms with Gasteiger partial charge in [0.05, 0.1) is 23.2 Å². The smallest absolute Gasteiger partial charge is 0.233 e. The minimum absolute atomic E-state index is 0.00619. The summed E-state index contributed by atoms with van der Waals surface area (Å²) in [6.45, 7) is 4.27. The van der Waals surface area contributed by atoms with Crippen molar-refractivity contribution in [2.75, 3.05) is 24.2 Å². The number of H-pyrrole nitrogens is 1. The van der Waals surface area contributed by atoms with Crippen molar-refractivity contribution in [2.45, 2.75) is 31.3 Å². The number of aryl methyl sites for hydroxylation is 1. The van der Waals surface area contributed by atoms with Crippen LogP contribution in [0.4, 0.5) is 5.69 Å². The van der Waals surface area contributed by atoms with Crippen LogP contribution < -0.4 is 5.32 Å². The fourth-order valence-electron chi connectivity index (χ4n) is 3.22. The monoisotopic (exact) mass is 388 g/mol. The highest BCUT2D eigenvalue weighted by molar-refractivity contribution is 8.00. The largest absolute Gasteiger partial charge is 0.391 e. The molecule has 0 aliphatic carbocycles. The molecule has 0 unspecified atom stereocenters. The number of nitrogens with one attached hydrogen (secondary N) is 2. The van der Waals surface area contributed by atoms with Crippen LogP contribution in [0.15, 0.2) is 35.2 Å². The average molecular weight is 388 g/mol. The molecule has 2 aromatic rings. The number of hydrogen-bond donors (Lipinski definition) is 3. The fraction of sp³-hybridized carbons (Fsp3) is 0.421. The quantitative estimate of drug-likeness (QED) is 0.656. The SMILES string of the molecule is CC(=O)Nc1ccccc1SCC(=O)N1C[C@@H](Cc2cc(C)[nH]n2)[C@@H](O)C1. The van der Waals surface area contributed by atoms with Gasteiger partial charge >= 0.3 is 0 Å². The topological polar surface area (TPSA) is 98.3 Å². The number of aromatic nitrogens is 2. The zero-order chi connectivity index (χ0) is 19.4. The Kier molecular flexibility index (Phi) is 6.18. The molecule has 0 saturated carbocycles. The molecule has 0 spiro atoms. The summed E-state index contributed by atoms with van der Waals surface area (Å²) in [5, 5.41) is 20.2. The van der Waals surface area contributed by atoms with Crippen molar-refractivity contribution >= 4 is 29.3 Å². The molecule has 1 aliphatic rings. The van der Waals surface area contributed by atoms with Gasteiger partial charge in [0.15, 0.2) is 0 Å². The van der Waals surface area contributed by atoms with Crippen LogP contribution in [-0.4, -0.2) is 57.0 Å². The van der Waals surface area contributed by atoms with Gasteiger partial charge in [-0.3, -0.25) is 14.7 Å². The molecule has 0 bridgehead atoms. The van der Waals surface area contributed by atoms with Gasteiger partial charge in [-0.2, -0.15) is 5.10 Å². The van der Waals surface area contributed by atoms with Crippen LogP contribution in [0.5, 0.6) is 0 Å². The van der Waals surface area contributed by atoms with Gasteiger partial charge in [0.2, 0.25) is 11.8 Å². The molecular weight excluding hydrogens is 364 g/mol. The second-order valence-electron chi connectivity index (χ2n) is 6.84. The number of aromatic amines is 1. The second-order valence-corrected chi connectivity index (χ2v) is 7.86. The standard InChI is InChI=1S/C19H24N4O3S/c1-12-7-15(22-21-12)8-14-9-23(10-17(14)25)19(26)11-27-18-6-4-3-5-16(18)20-13(2)24/h3-7,14,17,25H,8-11H2,1-2H3,(H,20,24)(H,21,22)/t14-,17+/m1/s1. The van der Waals surface area contributed by atoms with Crippen molar-refractivity contribution < 1.29 is 14.7 Å². The first-order valence-corrected chi connectivity index (χ1v) is 9.87. The third kappa shape index (κ3) is 5.11. The number of benzene rings is 1. The van der Waals surface area contributed by atoms with Gasteiger partial charge in [-0.25, -0.2) is 0 Å². The lowest BCUT2D eigenvalue weighted by Gasteiger charge is -2.16. The summed E-state index contributed by atoms with van der Waals surface area (Å²) in [6, 6.07) is 9.38. The Bertz CT molecular complexity index is 823. The highest BCUT2D eigenvalue weighted by Gasteiger charge is 2.34. The summed E-state index contributed by atoms with van der Waals surface area (Å²) >= 11 is 1.39. The summed E-state index contributed by atoms with van der Waals surface area (Å²) in [4.78, 5) is 26.5. The summed E-state index contributed by atoms with van der Waals surface area (Å²) in [5.41, 5.74) is 2.60. The molecule has 1 saturated heterocycles. The molecule has 8 heteroatoms. The number of anilines is 1. The van der Waals surface area contributed by atoms with E-state index in [2.05, 4.69) is 15.5 Å². The molecule has 0 radical (unpaired) electrons. The summed E-state index contributed by atoms with van der Waals surface area (Å²) < 4.78 is 0. The number of likely N-dealkylation sites (tertiary alicyclic amines) is 1. The number of aliphatic hydroxyl groups excluding tert-OH is 1. The van der Waals surface area contributed by atoms with Crippen LogP contribution >= 0.6 is 11.8 Å². The van der Waals surface area contributed by atoms with E-state index in [-0.39, 0.29) is 23.5 Å². The van der Waals surface area contributed by atoms with Gasteiger partial charge in [0.1, 0.15) is 0 Å². The van der Waals surface area contributed by atoms with Crippen LogP contribution in [0.3, 0.4) is 0 Å². The first-order valence-electron chi connectivity index (χ1n) is 8.88. The number of β-amino-alcohol motifs (C(OH)–C–C–N with tert-alkyl or cyclic N) is 1. The number of hydrogen-bond acceptors (Lipinski definition) is 5. The van der Waals surface area contributed by atoms with Crippen LogP contribution in [0.25, 0.3) is 0 Å². The van der Waals surface area contributed by atoms with Gasteiger partial charge in [0.25, 0.3) is 0 Å². The number of carbonyl (C=O) groups excluding carboxylic acids is 2. The van der Waals surface area contributed by atoms with Crippen molar-refractivity contribution in [3.63, 3.8) is 0 Å². The molecule has 1 aliphatic heterocycles. The molecule has 1 fully saturated rings. The molecule has 7 nitrogen and oxygen atoms in total. The van der Waals surface area contributed by atoms with Crippen LogP contribution in [0.1, 0.15) is 18.3 Å². The average Bonchev–Trinajstić information content (AvgIpc) is 3.19. The first-order chi connectivity index (χ1) is 12.9. The van der Waals surface area contributed by atoms with Crippen molar-refractivity contribution in [3.05, 3.63) is 41.7 Å². The Morgan fingerprint density at radius 2 is 2.15 bits per heavy atom. The van der Waals surface area contributed by atoms with Gasteiger partial charge in [-0.1, -0.05) is 12.1 Å². The predicted octanol–water partition coefficient (Wildman–Crippen LogP) is 1.83. The maximum atomic E-state index is 12.6. The third-order valence-electron chi connectivity index (χ3n) is 4.54. The molecule has 2 atom stereocenters. The number of rotatable bonds is 6. The number of para-hydroxylation sites is 1. The molecule has 3 N–H and O–H groups in total. The molecule has 27 heavy (non-hydrogen) atoms. The van der Waals surface area contributed by atoms with E-state index in [1.807, 2.05) is 37.3 Å². The third-order valence-corrected chi connectivity index (χ3v) is 5.60. The normalized spacial score (nSPS) is 19.3. The van der Waals surface area contributed by atoms with Gasteiger partial charge in [-0.15, -0.1) is 11.8 Å². The second kappa shape index (κ2) is 8.58. The Hall–Kier alpha value is -2.32. The van der Waals surface area contributed by atoms with Crippen molar-refractivity contribution in [2.24, 2.45) is 5.92 Å². The summed E-state index contributed by atoms with van der Waals surface area (Å²) in [6.07, 6.45) is 0.107. The van der Waals surface area contributed by atoms with Crippen LogP contribution in [0.2, 0.25) is 0 Å². The highest BCUT2D eigenvalue weighted by atomic mass is 32.2. The number of amides is 2. The Balaban J connectivity index is 1.55. The lowest BCUT2D eigenvalue weighted by Crippen LogP contribution is -2.31. The van der Waals surface area contributed by atoms with Crippen LogP contribution in [0, 0.1) is 12.8 Å². The van der Waals surface area contributed by atoms with Crippen molar-refractivity contribution in [3.8, 4) is 0 Å². The Labute approximate surface area is 162 Å². The molecular formula is C19H24N4O3S. The van der Waals surface area contributed by atoms with E-state index in [1.54, 1.807) is 4.90 Å². The van der Waals surface area contributed by atoms with Gasteiger partial charge in [0, 0.05) is 36.5 Å². The number of carbonyl (C=O) groups is 2.